The third-order valence-electron chi connectivity index (χ3n) is 2.20. The van der Waals surface area contributed by atoms with Gasteiger partial charge in [-0.3, -0.25) is 9.79 Å². The number of aromatic hydroxyl groups is 1. The van der Waals surface area contributed by atoms with Crippen molar-refractivity contribution in [2.45, 2.75) is 6.92 Å². The Morgan fingerprint density at radius 2 is 2.38 bits per heavy atom. The first kappa shape index (κ1) is 11.0. The molecule has 4 nitrogen and oxygen atoms in total. The Bertz CT molecular complexity index is 457. The van der Waals surface area contributed by atoms with Gasteiger partial charge in [0.05, 0.1) is 12.1 Å². The Balaban J connectivity index is 2.16. The van der Waals surface area contributed by atoms with Crippen molar-refractivity contribution < 1.29 is 9.90 Å². The molecule has 1 amide bonds. The SMILES string of the molecule is Cc1ccc(O)c(C(=O)NC2=NCCS2)c1. The van der Waals surface area contributed by atoms with Crippen molar-refractivity contribution >= 4 is 22.8 Å². The lowest BCUT2D eigenvalue weighted by Gasteiger charge is -2.06. The van der Waals surface area contributed by atoms with E-state index < -0.39 is 0 Å². The van der Waals surface area contributed by atoms with Gasteiger partial charge in [0.2, 0.25) is 0 Å². The first-order valence-corrected chi connectivity index (χ1v) is 5.93. The van der Waals surface area contributed by atoms with Crippen molar-refractivity contribution in [1.29, 1.82) is 0 Å². The Morgan fingerprint density at radius 1 is 1.56 bits per heavy atom. The van der Waals surface area contributed by atoms with Crippen LogP contribution in [0, 0.1) is 6.92 Å². The minimum absolute atomic E-state index is 0.00769. The van der Waals surface area contributed by atoms with Gasteiger partial charge in [0, 0.05) is 5.75 Å². The molecular formula is C11H12N2O2S. The summed E-state index contributed by atoms with van der Waals surface area (Å²) >= 11 is 1.51. The summed E-state index contributed by atoms with van der Waals surface area (Å²) < 4.78 is 0. The first-order chi connectivity index (χ1) is 7.66. The van der Waals surface area contributed by atoms with E-state index in [9.17, 15) is 9.90 Å². The monoisotopic (exact) mass is 236 g/mol. The molecule has 1 aliphatic heterocycles. The summed E-state index contributed by atoms with van der Waals surface area (Å²) in [6.07, 6.45) is 0. The summed E-state index contributed by atoms with van der Waals surface area (Å²) in [6.45, 7) is 2.61. The Morgan fingerprint density at radius 3 is 3.06 bits per heavy atom. The second-order valence-corrected chi connectivity index (χ2v) is 4.59. The Hall–Kier alpha value is -1.49. The number of aliphatic imine (C=N–C) groups is 1. The first-order valence-electron chi connectivity index (χ1n) is 4.95. The normalized spacial score (nSPS) is 14.7. The molecule has 84 valence electrons. The molecule has 16 heavy (non-hydrogen) atoms. The van der Waals surface area contributed by atoms with Crippen molar-refractivity contribution in [3.8, 4) is 5.75 Å². The van der Waals surface area contributed by atoms with Gasteiger partial charge in [-0.2, -0.15) is 0 Å². The summed E-state index contributed by atoms with van der Waals surface area (Å²) in [5.41, 5.74) is 1.22. The van der Waals surface area contributed by atoms with Crippen LogP contribution >= 0.6 is 11.8 Å². The molecule has 0 bridgehead atoms. The molecule has 0 fully saturated rings. The number of aryl methyl sites for hydroxylation is 1. The fourth-order valence-electron chi connectivity index (χ4n) is 1.41. The smallest absolute Gasteiger partial charge is 0.260 e. The second kappa shape index (κ2) is 4.57. The summed E-state index contributed by atoms with van der Waals surface area (Å²) in [7, 11) is 0. The van der Waals surface area contributed by atoms with Crippen molar-refractivity contribution in [1.82, 2.24) is 5.32 Å². The molecule has 2 N–H and O–H groups in total. The van der Waals surface area contributed by atoms with Crippen molar-refractivity contribution in [2.75, 3.05) is 12.3 Å². The van der Waals surface area contributed by atoms with E-state index in [0.717, 1.165) is 17.9 Å². The predicted molar refractivity (Wildman–Crippen MR) is 65.1 cm³/mol. The van der Waals surface area contributed by atoms with Gasteiger partial charge in [0.25, 0.3) is 5.91 Å². The van der Waals surface area contributed by atoms with Crippen LogP contribution in [0.1, 0.15) is 15.9 Å². The molecule has 0 saturated heterocycles. The van der Waals surface area contributed by atoms with Crippen molar-refractivity contribution in [3.05, 3.63) is 29.3 Å². The van der Waals surface area contributed by atoms with Crippen LogP contribution in [0.2, 0.25) is 0 Å². The van der Waals surface area contributed by atoms with E-state index in [4.69, 9.17) is 0 Å². The average Bonchev–Trinajstić information content (AvgIpc) is 2.74. The van der Waals surface area contributed by atoms with Gasteiger partial charge in [-0.05, 0) is 19.1 Å². The third kappa shape index (κ3) is 2.36. The Kier molecular flexibility index (Phi) is 3.14. The number of nitrogens with one attached hydrogen (secondary N) is 1. The number of benzene rings is 1. The molecule has 0 atom stereocenters. The van der Waals surface area contributed by atoms with E-state index >= 15 is 0 Å². The molecule has 0 unspecified atom stereocenters. The summed E-state index contributed by atoms with van der Waals surface area (Å²) in [5, 5.41) is 12.9. The highest BCUT2D eigenvalue weighted by atomic mass is 32.2. The highest BCUT2D eigenvalue weighted by Gasteiger charge is 2.15. The lowest BCUT2D eigenvalue weighted by molar-refractivity contribution is 0.0975. The summed E-state index contributed by atoms with van der Waals surface area (Å²) in [6, 6.07) is 4.94. The van der Waals surface area contributed by atoms with E-state index in [1.807, 2.05) is 6.92 Å². The predicted octanol–water partition coefficient (Wildman–Crippen LogP) is 1.53. The number of carbonyl (C=O) groups is 1. The van der Waals surface area contributed by atoms with Crippen LogP contribution in [0.3, 0.4) is 0 Å². The van der Waals surface area contributed by atoms with Gasteiger partial charge in [0.1, 0.15) is 5.75 Å². The lowest BCUT2D eigenvalue weighted by Crippen LogP contribution is -2.27. The van der Waals surface area contributed by atoms with Crippen molar-refractivity contribution in [3.63, 3.8) is 0 Å². The topological polar surface area (TPSA) is 61.7 Å². The number of thioether (sulfide) groups is 1. The number of amidine groups is 1. The molecule has 5 heteroatoms. The molecule has 1 aromatic carbocycles. The molecule has 0 spiro atoms. The Labute approximate surface area is 97.8 Å². The molecule has 0 aliphatic carbocycles. The van der Waals surface area contributed by atoms with Crippen LogP contribution in [-0.2, 0) is 0 Å². The minimum Gasteiger partial charge on any atom is -0.507 e. The zero-order valence-electron chi connectivity index (χ0n) is 8.86. The van der Waals surface area contributed by atoms with Gasteiger partial charge in [-0.1, -0.05) is 23.4 Å². The van der Waals surface area contributed by atoms with E-state index in [1.54, 1.807) is 12.1 Å². The van der Waals surface area contributed by atoms with Gasteiger partial charge in [0.15, 0.2) is 5.17 Å². The van der Waals surface area contributed by atoms with Gasteiger partial charge in [-0.25, -0.2) is 0 Å². The van der Waals surface area contributed by atoms with E-state index in [2.05, 4.69) is 10.3 Å². The number of nitrogens with zero attached hydrogens (tertiary/aromatic N) is 1. The fraction of sp³-hybridized carbons (Fsp3) is 0.273. The number of rotatable bonds is 1. The molecule has 0 aromatic heterocycles. The second-order valence-electron chi connectivity index (χ2n) is 3.51. The standard InChI is InChI=1S/C11H12N2O2S/c1-7-2-3-9(14)8(6-7)10(15)13-11-12-4-5-16-11/h2-3,6,14H,4-5H2,1H3,(H,12,13,15). The maximum absolute atomic E-state index is 11.8. The number of carbonyl (C=O) groups excluding carboxylic acids is 1. The largest absolute Gasteiger partial charge is 0.507 e. The number of amides is 1. The van der Waals surface area contributed by atoms with Crippen LogP contribution in [-0.4, -0.2) is 28.5 Å². The molecule has 1 aromatic rings. The van der Waals surface area contributed by atoms with E-state index in [-0.39, 0.29) is 17.2 Å². The summed E-state index contributed by atoms with van der Waals surface area (Å²) in [4.78, 5) is 15.9. The zero-order chi connectivity index (χ0) is 11.5. The van der Waals surface area contributed by atoms with E-state index in [1.165, 1.54) is 17.8 Å². The van der Waals surface area contributed by atoms with Gasteiger partial charge >= 0.3 is 0 Å². The molecule has 1 aliphatic rings. The highest BCUT2D eigenvalue weighted by Crippen LogP contribution is 2.18. The number of hydrogen-bond acceptors (Lipinski definition) is 4. The third-order valence-corrected chi connectivity index (χ3v) is 3.09. The number of phenolic OH excluding ortho intramolecular Hbond substituents is 1. The molecule has 2 rings (SSSR count). The van der Waals surface area contributed by atoms with Gasteiger partial charge < -0.3 is 10.4 Å². The fourth-order valence-corrected chi connectivity index (χ4v) is 2.13. The van der Waals surface area contributed by atoms with Crippen molar-refractivity contribution in [2.24, 2.45) is 4.99 Å². The van der Waals surface area contributed by atoms with Crippen LogP contribution in [0.15, 0.2) is 23.2 Å². The zero-order valence-corrected chi connectivity index (χ0v) is 9.67. The maximum Gasteiger partial charge on any atom is 0.260 e. The molecule has 1 heterocycles. The quantitative estimate of drug-likeness (QED) is 0.777. The van der Waals surface area contributed by atoms with Crippen LogP contribution in [0.4, 0.5) is 0 Å². The van der Waals surface area contributed by atoms with Gasteiger partial charge in [-0.15, -0.1) is 0 Å². The van der Waals surface area contributed by atoms with Crippen LogP contribution < -0.4 is 5.32 Å². The van der Waals surface area contributed by atoms with Crippen LogP contribution in [0.5, 0.6) is 5.75 Å². The minimum atomic E-state index is -0.311. The summed E-state index contributed by atoms with van der Waals surface area (Å²) in [5.74, 6) is 0.580. The van der Waals surface area contributed by atoms with Crippen LogP contribution in [0.25, 0.3) is 0 Å². The van der Waals surface area contributed by atoms with E-state index in [0.29, 0.717) is 5.17 Å². The number of phenols is 1. The maximum atomic E-state index is 11.8. The molecule has 0 saturated carbocycles. The number of hydrogen-bond donors (Lipinski definition) is 2. The highest BCUT2D eigenvalue weighted by molar-refractivity contribution is 8.14. The molecule has 0 radical (unpaired) electrons. The average molecular weight is 236 g/mol. The lowest BCUT2D eigenvalue weighted by atomic mass is 10.1. The molecular weight excluding hydrogens is 224 g/mol.